The quantitative estimate of drug-likeness (QED) is 0.166. The number of benzene rings is 8. The standard InChI is InChI=1S/C49H34S/c1-49(2)43-24-14-13-23-41(43)48-47(49)42-26-25-33(30-44(42)50-48)45-37-19-9-11-21-39(37)46(40-22-12-10-20-38(40)45)36-28-34(31-15-5-3-6-16-31)27-35(29-36)32-17-7-4-8-18-32/h3-30H,1-2H3. The van der Waals surface area contributed by atoms with Gasteiger partial charge >= 0.3 is 0 Å². The van der Waals surface area contributed by atoms with Crippen LogP contribution in [0.4, 0.5) is 0 Å². The van der Waals surface area contributed by atoms with Crippen molar-refractivity contribution in [1.82, 2.24) is 0 Å². The van der Waals surface area contributed by atoms with Crippen molar-refractivity contribution in [2.24, 2.45) is 0 Å². The molecule has 0 nitrogen and oxygen atoms in total. The smallest absolute Gasteiger partial charge is 0.0399 e. The SMILES string of the molecule is CC1(C)c2ccccc2-c2sc3cc(-c4c5ccccc5c(-c5cc(-c6ccccc6)cc(-c6ccccc6)c5)c5ccccc45)ccc3c21. The molecule has 0 amide bonds. The van der Waals surface area contributed by atoms with Gasteiger partial charge in [0.15, 0.2) is 0 Å². The molecule has 1 aliphatic carbocycles. The molecule has 0 atom stereocenters. The van der Waals surface area contributed by atoms with E-state index in [1.807, 2.05) is 11.3 Å². The molecule has 50 heavy (non-hydrogen) atoms. The fraction of sp³-hybridized carbons (Fsp3) is 0.0612. The topological polar surface area (TPSA) is 0 Å². The second-order valence-corrected chi connectivity index (χ2v) is 15.1. The molecule has 0 saturated carbocycles. The monoisotopic (exact) mass is 654 g/mol. The summed E-state index contributed by atoms with van der Waals surface area (Å²) in [5.74, 6) is 0. The molecule has 9 aromatic rings. The van der Waals surface area contributed by atoms with Crippen LogP contribution in [-0.2, 0) is 5.41 Å². The predicted molar refractivity (Wildman–Crippen MR) is 216 cm³/mol. The maximum Gasteiger partial charge on any atom is 0.0399 e. The van der Waals surface area contributed by atoms with Crippen LogP contribution in [0.15, 0.2) is 170 Å². The van der Waals surface area contributed by atoms with Crippen LogP contribution in [0.2, 0.25) is 0 Å². The zero-order chi connectivity index (χ0) is 33.4. The molecule has 0 unspecified atom stereocenters. The lowest BCUT2D eigenvalue weighted by molar-refractivity contribution is 0.667. The van der Waals surface area contributed by atoms with E-state index in [0.717, 1.165) is 0 Å². The Hall–Kier alpha value is -5.76. The number of thiophene rings is 1. The summed E-state index contributed by atoms with van der Waals surface area (Å²) in [6.07, 6.45) is 0. The van der Waals surface area contributed by atoms with Crippen molar-refractivity contribution >= 4 is 43.0 Å². The second kappa shape index (κ2) is 11.1. The minimum atomic E-state index is -0.0143. The largest absolute Gasteiger partial charge is 0.135 e. The molecule has 8 aromatic carbocycles. The van der Waals surface area contributed by atoms with Gasteiger partial charge in [0.25, 0.3) is 0 Å². The molecule has 1 heterocycles. The predicted octanol–water partition coefficient (Wildman–Crippen LogP) is 14.2. The summed E-state index contributed by atoms with van der Waals surface area (Å²) >= 11 is 1.95. The molecule has 0 bridgehead atoms. The van der Waals surface area contributed by atoms with Crippen LogP contribution in [0.3, 0.4) is 0 Å². The molecule has 0 N–H and O–H groups in total. The van der Waals surface area contributed by atoms with Crippen molar-refractivity contribution in [1.29, 1.82) is 0 Å². The summed E-state index contributed by atoms with van der Waals surface area (Å²) in [5.41, 5.74) is 14.3. The van der Waals surface area contributed by atoms with Gasteiger partial charge in [0, 0.05) is 15.0 Å². The zero-order valence-corrected chi connectivity index (χ0v) is 28.9. The lowest BCUT2D eigenvalue weighted by Gasteiger charge is -2.22. The third kappa shape index (κ3) is 4.37. The average Bonchev–Trinajstić information content (AvgIpc) is 3.67. The van der Waals surface area contributed by atoms with Crippen LogP contribution in [-0.4, -0.2) is 0 Å². The average molecular weight is 655 g/mol. The van der Waals surface area contributed by atoms with Gasteiger partial charge in [-0.2, -0.15) is 0 Å². The van der Waals surface area contributed by atoms with Crippen LogP contribution in [0.25, 0.3) is 86.6 Å². The molecule has 0 saturated heterocycles. The first kappa shape index (κ1) is 29.2. The van der Waals surface area contributed by atoms with E-state index in [2.05, 4.69) is 184 Å². The van der Waals surface area contributed by atoms with Gasteiger partial charge in [-0.05, 0) is 112 Å². The van der Waals surface area contributed by atoms with Gasteiger partial charge in [0.2, 0.25) is 0 Å². The molecule has 1 heteroatoms. The van der Waals surface area contributed by atoms with E-state index in [1.165, 1.54) is 97.7 Å². The maximum absolute atomic E-state index is 2.45. The first-order chi connectivity index (χ1) is 24.6. The Bertz CT molecular complexity index is 2650. The van der Waals surface area contributed by atoms with E-state index >= 15 is 0 Å². The molecule has 10 rings (SSSR count). The first-order valence-corrected chi connectivity index (χ1v) is 18.2. The third-order valence-corrected chi connectivity index (χ3v) is 12.0. The maximum atomic E-state index is 2.45. The van der Waals surface area contributed by atoms with Crippen LogP contribution in [0.5, 0.6) is 0 Å². The molecular weight excluding hydrogens is 621 g/mol. The van der Waals surface area contributed by atoms with Crippen LogP contribution < -0.4 is 0 Å². The zero-order valence-electron chi connectivity index (χ0n) is 28.1. The Kier molecular flexibility index (Phi) is 6.50. The third-order valence-electron chi connectivity index (χ3n) is 10.8. The second-order valence-electron chi connectivity index (χ2n) is 14.1. The van der Waals surface area contributed by atoms with Crippen LogP contribution in [0, 0.1) is 0 Å². The minimum absolute atomic E-state index is 0.0143. The number of fused-ring (bicyclic) bond motifs is 7. The van der Waals surface area contributed by atoms with E-state index in [9.17, 15) is 0 Å². The van der Waals surface area contributed by atoms with Crippen molar-refractivity contribution < 1.29 is 0 Å². The summed E-state index contributed by atoms with van der Waals surface area (Å²) in [4.78, 5) is 1.43. The van der Waals surface area contributed by atoms with Crippen molar-refractivity contribution in [3.05, 3.63) is 181 Å². The summed E-state index contributed by atoms with van der Waals surface area (Å²) in [7, 11) is 0. The Labute approximate surface area is 296 Å². The van der Waals surface area contributed by atoms with Crippen molar-refractivity contribution in [2.45, 2.75) is 19.3 Å². The van der Waals surface area contributed by atoms with Gasteiger partial charge in [-0.3, -0.25) is 0 Å². The lowest BCUT2D eigenvalue weighted by atomic mass is 9.81. The van der Waals surface area contributed by atoms with Gasteiger partial charge in [-0.25, -0.2) is 0 Å². The summed E-state index contributed by atoms with van der Waals surface area (Å²) in [5, 5.41) is 6.48. The number of rotatable bonds is 4. The molecule has 0 aliphatic heterocycles. The fourth-order valence-corrected chi connectivity index (χ4v) is 9.98. The van der Waals surface area contributed by atoms with E-state index in [1.54, 1.807) is 0 Å². The molecule has 1 aromatic heterocycles. The summed E-state index contributed by atoms with van der Waals surface area (Å²) in [6.45, 7) is 4.76. The molecule has 236 valence electrons. The highest BCUT2D eigenvalue weighted by molar-refractivity contribution is 7.22. The number of hydrogen-bond donors (Lipinski definition) is 0. The highest BCUT2D eigenvalue weighted by atomic mass is 32.1. The molecule has 0 spiro atoms. The van der Waals surface area contributed by atoms with E-state index in [-0.39, 0.29) is 5.41 Å². The molecule has 1 aliphatic rings. The fourth-order valence-electron chi connectivity index (χ4n) is 8.54. The van der Waals surface area contributed by atoms with Gasteiger partial charge < -0.3 is 0 Å². The van der Waals surface area contributed by atoms with Gasteiger partial charge in [-0.15, -0.1) is 11.3 Å². The van der Waals surface area contributed by atoms with E-state index < -0.39 is 0 Å². The highest BCUT2D eigenvalue weighted by Gasteiger charge is 2.38. The number of hydrogen-bond acceptors (Lipinski definition) is 1. The Morgan fingerprint density at radius 1 is 0.380 bits per heavy atom. The first-order valence-electron chi connectivity index (χ1n) is 17.4. The van der Waals surface area contributed by atoms with E-state index in [4.69, 9.17) is 0 Å². The van der Waals surface area contributed by atoms with E-state index in [0.29, 0.717) is 0 Å². The van der Waals surface area contributed by atoms with Gasteiger partial charge in [-0.1, -0.05) is 159 Å². The summed E-state index contributed by atoms with van der Waals surface area (Å²) < 4.78 is 1.36. The molecule has 0 radical (unpaired) electrons. The van der Waals surface area contributed by atoms with Gasteiger partial charge in [0.1, 0.15) is 0 Å². The Morgan fingerprint density at radius 2 is 0.860 bits per heavy atom. The highest BCUT2D eigenvalue weighted by Crippen LogP contribution is 2.56. The van der Waals surface area contributed by atoms with Crippen molar-refractivity contribution in [3.8, 4) is 54.9 Å². The van der Waals surface area contributed by atoms with Crippen molar-refractivity contribution in [2.75, 3.05) is 0 Å². The van der Waals surface area contributed by atoms with Crippen molar-refractivity contribution in [3.63, 3.8) is 0 Å². The van der Waals surface area contributed by atoms with Crippen LogP contribution in [0.1, 0.15) is 25.0 Å². The minimum Gasteiger partial charge on any atom is -0.135 e. The molecular formula is C49H34S. The van der Waals surface area contributed by atoms with Gasteiger partial charge in [0.05, 0.1) is 0 Å². The summed E-state index contributed by atoms with van der Waals surface area (Å²) in [6, 6.07) is 62.8. The Morgan fingerprint density at radius 3 is 1.44 bits per heavy atom. The molecule has 0 fully saturated rings. The van der Waals surface area contributed by atoms with Crippen LogP contribution >= 0.6 is 11.3 Å². The Balaban J connectivity index is 1.23. The lowest BCUT2D eigenvalue weighted by Crippen LogP contribution is -2.14. The normalized spacial score (nSPS) is 13.2.